The van der Waals surface area contributed by atoms with Crippen molar-refractivity contribution in [2.24, 2.45) is 16.7 Å². The van der Waals surface area contributed by atoms with Crippen molar-refractivity contribution in [3.05, 3.63) is 22.7 Å². The molecule has 21 heavy (non-hydrogen) atoms. The van der Waals surface area contributed by atoms with E-state index < -0.39 is 0 Å². The van der Waals surface area contributed by atoms with Crippen LogP contribution in [0.5, 0.6) is 11.5 Å². The van der Waals surface area contributed by atoms with Gasteiger partial charge < -0.3 is 14.8 Å². The molecule has 1 aliphatic carbocycles. The second-order valence-corrected chi connectivity index (χ2v) is 7.27. The monoisotopic (exact) mass is 311 g/mol. The van der Waals surface area contributed by atoms with Crippen LogP contribution >= 0.6 is 11.6 Å². The quantitative estimate of drug-likeness (QED) is 0.879. The number of ether oxygens (including phenoxy) is 2. The minimum Gasteiger partial charge on any atom is -0.495 e. The van der Waals surface area contributed by atoms with E-state index in [1.54, 1.807) is 14.2 Å². The summed E-state index contributed by atoms with van der Waals surface area (Å²) in [5, 5.41) is 3.99. The highest BCUT2D eigenvalue weighted by Gasteiger charge is 2.67. The third-order valence-electron chi connectivity index (χ3n) is 5.63. The van der Waals surface area contributed by atoms with Gasteiger partial charge in [0, 0.05) is 11.6 Å². The Bertz CT molecular complexity index is 526. The van der Waals surface area contributed by atoms with E-state index >= 15 is 0 Å². The van der Waals surface area contributed by atoms with Gasteiger partial charge in [-0.3, -0.25) is 0 Å². The second kappa shape index (κ2) is 5.36. The van der Waals surface area contributed by atoms with Crippen LogP contribution in [0.4, 0.5) is 0 Å². The first kappa shape index (κ1) is 16.4. The van der Waals surface area contributed by atoms with E-state index in [1.807, 2.05) is 13.1 Å². The predicted molar refractivity (Wildman–Crippen MR) is 87.4 cm³/mol. The highest BCUT2D eigenvalue weighted by molar-refractivity contribution is 6.33. The van der Waals surface area contributed by atoms with E-state index in [1.165, 1.54) is 0 Å². The summed E-state index contributed by atoms with van der Waals surface area (Å²) in [6.07, 6.45) is 0. The Hall–Kier alpha value is -0.930. The van der Waals surface area contributed by atoms with Crippen molar-refractivity contribution in [3.8, 4) is 11.5 Å². The number of hydrogen-bond donors (Lipinski definition) is 1. The van der Waals surface area contributed by atoms with Gasteiger partial charge in [0.2, 0.25) is 0 Å². The maximum Gasteiger partial charge on any atom is 0.146 e. The fraction of sp³-hybridized carbons (Fsp3) is 0.647. The van der Waals surface area contributed by atoms with Crippen LogP contribution < -0.4 is 14.8 Å². The van der Waals surface area contributed by atoms with Crippen LogP contribution in [0.1, 0.15) is 39.3 Å². The summed E-state index contributed by atoms with van der Waals surface area (Å²) < 4.78 is 10.8. The van der Waals surface area contributed by atoms with Gasteiger partial charge in [-0.1, -0.05) is 39.3 Å². The number of rotatable bonds is 5. The molecule has 118 valence electrons. The third kappa shape index (κ3) is 2.31. The van der Waals surface area contributed by atoms with E-state index in [-0.39, 0.29) is 16.9 Å². The molecule has 1 fully saturated rings. The van der Waals surface area contributed by atoms with Gasteiger partial charge in [-0.2, -0.15) is 0 Å². The molecular weight excluding hydrogens is 286 g/mol. The summed E-state index contributed by atoms with van der Waals surface area (Å²) >= 11 is 6.40. The molecule has 3 nitrogen and oxygen atoms in total. The van der Waals surface area contributed by atoms with Crippen molar-refractivity contribution < 1.29 is 9.47 Å². The molecule has 1 aromatic carbocycles. The Kier molecular flexibility index (Phi) is 4.20. The third-order valence-corrected chi connectivity index (χ3v) is 5.99. The smallest absolute Gasteiger partial charge is 0.146 e. The summed E-state index contributed by atoms with van der Waals surface area (Å²) in [7, 11) is 5.26. The van der Waals surface area contributed by atoms with Crippen molar-refractivity contribution in [1.29, 1.82) is 0 Å². The fourth-order valence-electron chi connectivity index (χ4n) is 3.75. The standard InChI is InChI=1S/C17H26ClNO2/c1-16(2)15(17(16,3)4)13(19-5)10-8-9-11(20-6)12(18)14(10)21-7/h8-9,13,15,19H,1-7H3. The van der Waals surface area contributed by atoms with Crippen LogP contribution in [0.3, 0.4) is 0 Å². The van der Waals surface area contributed by atoms with Crippen LogP contribution in [0.2, 0.25) is 5.02 Å². The Labute approximate surface area is 133 Å². The molecule has 0 saturated heterocycles. The van der Waals surface area contributed by atoms with Gasteiger partial charge in [0.15, 0.2) is 0 Å². The summed E-state index contributed by atoms with van der Waals surface area (Å²) in [5.74, 6) is 1.86. The van der Waals surface area contributed by atoms with Crippen LogP contribution in [0.15, 0.2) is 12.1 Å². The van der Waals surface area contributed by atoms with E-state index in [4.69, 9.17) is 21.1 Å². The molecule has 0 aromatic heterocycles. The van der Waals surface area contributed by atoms with Crippen molar-refractivity contribution in [1.82, 2.24) is 5.32 Å². The van der Waals surface area contributed by atoms with Crippen LogP contribution in [0, 0.1) is 16.7 Å². The molecule has 0 radical (unpaired) electrons. The molecule has 1 aliphatic rings. The van der Waals surface area contributed by atoms with E-state index in [0.29, 0.717) is 22.4 Å². The first-order valence-electron chi connectivity index (χ1n) is 7.31. The van der Waals surface area contributed by atoms with Gasteiger partial charge in [0.05, 0.1) is 14.2 Å². The van der Waals surface area contributed by atoms with E-state index in [2.05, 4.69) is 39.1 Å². The molecule has 0 amide bonds. The van der Waals surface area contributed by atoms with E-state index in [0.717, 1.165) is 5.56 Å². The van der Waals surface area contributed by atoms with Crippen molar-refractivity contribution >= 4 is 11.6 Å². The van der Waals surface area contributed by atoms with Crippen LogP contribution in [-0.4, -0.2) is 21.3 Å². The van der Waals surface area contributed by atoms with Crippen molar-refractivity contribution in [3.63, 3.8) is 0 Å². The maximum atomic E-state index is 6.40. The lowest BCUT2D eigenvalue weighted by Gasteiger charge is -2.23. The minimum absolute atomic E-state index is 0.202. The normalized spacial score (nSPS) is 21.0. The van der Waals surface area contributed by atoms with Crippen molar-refractivity contribution in [2.45, 2.75) is 33.7 Å². The van der Waals surface area contributed by atoms with Crippen LogP contribution in [-0.2, 0) is 0 Å². The summed E-state index contributed by atoms with van der Waals surface area (Å²) in [5.41, 5.74) is 1.64. The molecule has 1 atom stereocenters. The van der Waals surface area contributed by atoms with Gasteiger partial charge in [-0.15, -0.1) is 0 Å². The molecule has 0 heterocycles. The number of nitrogens with one attached hydrogen (secondary N) is 1. The number of halogens is 1. The summed E-state index contributed by atoms with van der Waals surface area (Å²) in [6.45, 7) is 9.28. The van der Waals surface area contributed by atoms with E-state index in [9.17, 15) is 0 Å². The Morgan fingerprint density at radius 3 is 2.05 bits per heavy atom. The lowest BCUT2D eigenvalue weighted by atomic mass is 9.95. The Morgan fingerprint density at radius 2 is 1.67 bits per heavy atom. The SMILES string of the molecule is CNC(c1ccc(OC)c(Cl)c1OC)C1C(C)(C)C1(C)C. The zero-order valence-corrected chi connectivity index (χ0v) is 14.8. The topological polar surface area (TPSA) is 30.5 Å². The molecule has 1 saturated carbocycles. The molecule has 0 aliphatic heterocycles. The van der Waals surface area contributed by atoms with Gasteiger partial charge >= 0.3 is 0 Å². The van der Waals surface area contributed by atoms with Gasteiger partial charge in [0.25, 0.3) is 0 Å². The van der Waals surface area contributed by atoms with Gasteiger partial charge in [-0.25, -0.2) is 0 Å². The van der Waals surface area contributed by atoms with Crippen molar-refractivity contribution in [2.75, 3.05) is 21.3 Å². The zero-order valence-electron chi connectivity index (χ0n) is 14.0. The summed E-state index contributed by atoms with van der Waals surface area (Å²) in [4.78, 5) is 0. The minimum atomic E-state index is 0.202. The zero-order chi connectivity index (χ0) is 16.0. The average molecular weight is 312 g/mol. The molecule has 1 N–H and O–H groups in total. The highest BCUT2D eigenvalue weighted by atomic mass is 35.5. The molecule has 0 bridgehead atoms. The maximum absolute atomic E-state index is 6.40. The molecule has 0 spiro atoms. The van der Waals surface area contributed by atoms with Gasteiger partial charge in [-0.05, 0) is 35.9 Å². The largest absolute Gasteiger partial charge is 0.495 e. The fourth-order valence-corrected chi connectivity index (χ4v) is 4.07. The molecule has 1 aromatic rings. The average Bonchev–Trinajstić information content (AvgIpc) is 2.83. The highest BCUT2D eigenvalue weighted by Crippen LogP contribution is 2.72. The predicted octanol–water partition coefficient (Wildman–Crippen LogP) is 4.30. The second-order valence-electron chi connectivity index (χ2n) is 6.89. The Morgan fingerprint density at radius 1 is 1.10 bits per heavy atom. The Balaban J connectivity index is 2.48. The summed E-state index contributed by atoms with van der Waals surface area (Å²) in [6, 6.07) is 4.16. The van der Waals surface area contributed by atoms with Gasteiger partial charge in [0.1, 0.15) is 16.5 Å². The number of methoxy groups -OCH3 is 2. The molecule has 4 heteroatoms. The number of benzene rings is 1. The number of hydrogen-bond acceptors (Lipinski definition) is 3. The molecule has 1 unspecified atom stereocenters. The lowest BCUT2D eigenvalue weighted by Crippen LogP contribution is -2.22. The molecular formula is C17H26ClNO2. The lowest BCUT2D eigenvalue weighted by molar-refractivity contribution is 0.372. The first-order chi connectivity index (χ1) is 9.73. The van der Waals surface area contributed by atoms with Crippen LogP contribution in [0.25, 0.3) is 0 Å². The molecule has 2 rings (SSSR count). The first-order valence-corrected chi connectivity index (χ1v) is 7.69.